The van der Waals surface area contributed by atoms with Crippen molar-refractivity contribution in [1.82, 2.24) is 15.3 Å². The molecular weight excluding hydrogens is 258 g/mol. The number of rotatable bonds is 4. The van der Waals surface area contributed by atoms with Crippen molar-refractivity contribution in [3.63, 3.8) is 0 Å². The van der Waals surface area contributed by atoms with E-state index in [1.165, 1.54) is 0 Å². The summed E-state index contributed by atoms with van der Waals surface area (Å²) in [5, 5.41) is 3.83. The summed E-state index contributed by atoms with van der Waals surface area (Å²) in [6, 6.07) is 4.02. The van der Waals surface area contributed by atoms with Gasteiger partial charge in [-0.15, -0.1) is 11.3 Å². The van der Waals surface area contributed by atoms with Gasteiger partial charge < -0.3 is 5.32 Å². The number of hydrogen-bond acceptors (Lipinski definition) is 4. The molecule has 0 unspecified atom stereocenters. The largest absolute Gasteiger partial charge is 0.354 e. The molecule has 100 valence electrons. The number of carbonyl (C=O) groups is 1. The number of amides is 1. The van der Waals surface area contributed by atoms with Crippen LogP contribution in [0, 0.1) is 6.92 Å². The van der Waals surface area contributed by atoms with Crippen molar-refractivity contribution in [2.75, 3.05) is 0 Å². The fourth-order valence-electron chi connectivity index (χ4n) is 1.73. The van der Waals surface area contributed by atoms with Crippen LogP contribution < -0.4 is 5.32 Å². The lowest BCUT2D eigenvalue weighted by atomic mass is 10.2. The molecule has 0 atom stereocenters. The molecule has 0 spiro atoms. The number of aryl methyl sites for hydroxylation is 1. The van der Waals surface area contributed by atoms with E-state index in [1.54, 1.807) is 23.7 Å². The summed E-state index contributed by atoms with van der Waals surface area (Å²) in [6.45, 7) is 5.86. The van der Waals surface area contributed by atoms with Crippen LogP contribution in [0.4, 0.5) is 0 Å². The number of carbonyl (C=O) groups excluding carboxylic acids is 1. The Hall–Kier alpha value is -1.75. The molecule has 0 saturated carbocycles. The van der Waals surface area contributed by atoms with Crippen LogP contribution in [0.25, 0.3) is 10.6 Å². The Bertz CT molecular complexity index is 563. The van der Waals surface area contributed by atoms with Gasteiger partial charge in [0.2, 0.25) is 5.91 Å². The van der Waals surface area contributed by atoms with Gasteiger partial charge in [-0.1, -0.05) is 0 Å². The van der Waals surface area contributed by atoms with E-state index in [0.717, 1.165) is 21.1 Å². The SMILES string of the molecule is Cc1nc(-c2ccncc2)sc1CC(=O)NC(C)C. The number of nitrogens with zero attached hydrogens (tertiary/aromatic N) is 2. The fourth-order valence-corrected chi connectivity index (χ4v) is 2.80. The van der Waals surface area contributed by atoms with Crippen LogP contribution in [0.15, 0.2) is 24.5 Å². The topological polar surface area (TPSA) is 54.9 Å². The van der Waals surface area contributed by atoms with Crippen LogP contribution in [-0.4, -0.2) is 21.9 Å². The molecule has 0 aliphatic heterocycles. The highest BCUT2D eigenvalue weighted by Gasteiger charge is 2.13. The summed E-state index contributed by atoms with van der Waals surface area (Å²) in [5.74, 6) is 0.0445. The van der Waals surface area contributed by atoms with Gasteiger partial charge in [-0.3, -0.25) is 9.78 Å². The van der Waals surface area contributed by atoms with Crippen molar-refractivity contribution < 1.29 is 4.79 Å². The molecule has 0 radical (unpaired) electrons. The highest BCUT2D eigenvalue weighted by Crippen LogP contribution is 2.27. The quantitative estimate of drug-likeness (QED) is 0.933. The van der Waals surface area contributed by atoms with Gasteiger partial charge >= 0.3 is 0 Å². The molecule has 0 bridgehead atoms. The minimum absolute atomic E-state index is 0.0445. The first-order valence-electron chi connectivity index (χ1n) is 6.22. The molecule has 2 heterocycles. The molecule has 1 N–H and O–H groups in total. The lowest BCUT2D eigenvalue weighted by molar-refractivity contribution is -0.120. The highest BCUT2D eigenvalue weighted by atomic mass is 32.1. The first-order chi connectivity index (χ1) is 9.06. The van der Waals surface area contributed by atoms with Crippen LogP contribution in [-0.2, 0) is 11.2 Å². The van der Waals surface area contributed by atoms with Crippen LogP contribution >= 0.6 is 11.3 Å². The number of pyridine rings is 1. The van der Waals surface area contributed by atoms with Crippen molar-refractivity contribution in [2.24, 2.45) is 0 Å². The van der Waals surface area contributed by atoms with Gasteiger partial charge in [-0.05, 0) is 32.9 Å². The van der Waals surface area contributed by atoms with Crippen LogP contribution in [0.2, 0.25) is 0 Å². The van der Waals surface area contributed by atoms with E-state index in [1.807, 2.05) is 32.9 Å². The molecule has 2 rings (SSSR count). The summed E-state index contributed by atoms with van der Waals surface area (Å²) in [5.41, 5.74) is 1.97. The van der Waals surface area contributed by atoms with Crippen LogP contribution in [0.3, 0.4) is 0 Å². The molecule has 1 amide bonds. The molecule has 0 saturated heterocycles. The molecule has 0 aromatic carbocycles. The van der Waals surface area contributed by atoms with Gasteiger partial charge in [0.15, 0.2) is 0 Å². The van der Waals surface area contributed by atoms with Crippen LogP contribution in [0.5, 0.6) is 0 Å². The number of hydrogen-bond donors (Lipinski definition) is 1. The summed E-state index contributed by atoms with van der Waals surface area (Å²) < 4.78 is 0. The first kappa shape index (κ1) is 13.7. The minimum Gasteiger partial charge on any atom is -0.354 e. The molecule has 2 aromatic rings. The molecule has 5 heteroatoms. The molecule has 0 aliphatic rings. The standard InChI is InChI=1S/C14H17N3OS/c1-9(2)16-13(18)8-12-10(3)17-14(19-12)11-4-6-15-7-5-11/h4-7,9H,8H2,1-3H3,(H,16,18). The molecule has 4 nitrogen and oxygen atoms in total. The summed E-state index contributed by atoms with van der Waals surface area (Å²) >= 11 is 1.57. The lowest BCUT2D eigenvalue weighted by Crippen LogP contribution is -2.31. The number of nitrogens with one attached hydrogen (secondary N) is 1. The normalized spacial score (nSPS) is 10.7. The number of aromatic nitrogens is 2. The third-order valence-corrected chi connectivity index (χ3v) is 3.80. The zero-order valence-electron chi connectivity index (χ0n) is 11.3. The Kier molecular flexibility index (Phi) is 4.27. The minimum atomic E-state index is 0.0445. The maximum atomic E-state index is 11.8. The Labute approximate surface area is 116 Å². The predicted octanol–water partition coefficient (Wildman–Crippen LogP) is 2.58. The van der Waals surface area contributed by atoms with E-state index >= 15 is 0 Å². The summed E-state index contributed by atoms with van der Waals surface area (Å²) in [6.07, 6.45) is 3.89. The van der Waals surface area contributed by atoms with E-state index < -0.39 is 0 Å². The number of thiazole rings is 1. The van der Waals surface area contributed by atoms with Gasteiger partial charge in [0.25, 0.3) is 0 Å². The van der Waals surface area contributed by atoms with Crippen molar-refractivity contribution in [2.45, 2.75) is 33.2 Å². The van der Waals surface area contributed by atoms with E-state index in [0.29, 0.717) is 6.42 Å². The van der Waals surface area contributed by atoms with Gasteiger partial charge in [0, 0.05) is 28.9 Å². The molecular formula is C14H17N3OS. The first-order valence-corrected chi connectivity index (χ1v) is 7.04. The van der Waals surface area contributed by atoms with Crippen molar-refractivity contribution in [1.29, 1.82) is 0 Å². The van der Waals surface area contributed by atoms with E-state index in [4.69, 9.17) is 0 Å². The molecule has 2 aromatic heterocycles. The molecule has 19 heavy (non-hydrogen) atoms. The molecule has 0 fully saturated rings. The third kappa shape index (κ3) is 3.61. The molecule has 0 aliphatic carbocycles. The lowest BCUT2D eigenvalue weighted by Gasteiger charge is -2.06. The van der Waals surface area contributed by atoms with Gasteiger partial charge in [-0.25, -0.2) is 4.98 Å². The second-order valence-electron chi connectivity index (χ2n) is 4.66. The zero-order valence-corrected chi connectivity index (χ0v) is 12.1. The maximum Gasteiger partial charge on any atom is 0.225 e. The van der Waals surface area contributed by atoms with Gasteiger partial charge in [0.1, 0.15) is 5.01 Å². The fraction of sp³-hybridized carbons (Fsp3) is 0.357. The predicted molar refractivity (Wildman–Crippen MR) is 77.1 cm³/mol. The highest BCUT2D eigenvalue weighted by molar-refractivity contribution is 7.15. The monoisotopic (exact) mass is 275 g/mol. The third-order valence-electron chi connectivity index (χ3n) is 2.59. The van der Waals surface area contributed by atoms with Gasteiger partial charge in [0.05, 0.1) is 12.1 Å². The van der Waals surface area contributed by atoms with Crippen molar-refractivity contribution in [3.8, 4) is 10.6 Å². The maximum absolute atomic E-state index is 11.8. The van der Waals surface area contributed by atoms with E-state index in [2.05, 4.69) is 15.3 Å². The Morgan fingerprint density at radius 1 is 1.37 bits per heavy atom. The Morgan fingerprint density at radius 2 is 2.05 bits per heavy atom. The Balaban J connectivity index is 2.16. The smallest absolute Gasteiger partial charge is 0.225 e. The van der Waals surface area contributed by atoms with Crippen molar-refractivity contribution >= 4 is 17.2 Å². The zero-order chi connectivity index (χ0) is 13.8. The van der Waals surface area contributed by atoms with Gasteiger partial charge in [-0.2, -0.15) is 0 Å². The van der Waals surface area contributed by atoms with Crippen molar-refractivity contribution in [3.05, 3.63) is 35.1 Å². The van der Waals surface area contributed by atoms with Crippen LogP contribution in [0.1, 0.15) is 24.4 Å². The average Bonchev–Trinajstić information content (AvgIpc) is 2.71. The summed E-state index contributed by atoms with van der Waals surface area (Å²) in [7, 11) is 0. The average molecular weight is 275 g/mol. The summed E-state index contributed by atoms with van der Waals surface area (Å²) in [4.78, 5) is 21.3. The second kappa shape index (κ2) is 5.93. The van der Waals surface area contributed by atoms with E-state index in [-0.39, 0.29) is 11.9 Å². The Morgan fingerprint density at radius 3 is 2.68 bits per heavy atom. The van der Waals surface area contributed by atoms with E-state index in [9.17, 15) is 4.79 Å². The second-order valence-corrected chi connectivity index (χ2v) is 5.75.